The molecule has 0 unspecified atom stereocenters. The fourth-order valence-electron chi connectivity index (χ4n) is 3.41. The molecule has 6 nitrogen and oxygen atoms in total. The number of halogens is 4. The smallest absolute Gasteiger partial charge is 0.342 e. The second-order valence-corrected chi connectivity index (χ2v) is 11.8. The van der Waals surface area contributed by atoms with Gasteiger partial charge in [-0.05, 0) is 118 Å². The molecule has 190 valence electrons. The molecule has 1 heterocycles. The molecule has 0 radical (unpaired) electrons. The van der Waals surface area contributed by atoms with E-state index in [4.69, 9.17) is 27.9 Å². The number of carbonyl (C=O) groups is 1. The minimum Gasteiger partial charge on any atom is -0.487 e. The lowest BCUT2D eigenvalue weighted by Crippen LogP contribution is -2.03. The molecule has 0 aliphatic heterocycles. The van der Waals surface area contributed by atoms with Gasteiger partial charge in [0.1, 0.15) is 17.3 Å². The quantitative estimate of drug-likeness (QED) is 0.105. The summed E-state index contributed by atoms with van der Waals surface area (Å²) >= 11 is 17.7. The van der Waals surface area contributed by atoms with Crippen molar-refractivity contribution in [2.75, 3.05) is 0 Å². The molecule has 0 amide bonds. The highest BCUT2D eigenvalue weighted by molar-refractivity contribution is 14.1. The molecule has 0 bridgehead atoms. The van der Waals surface area contributed by atoms with Crippen LogP contribution in [0.3, 0.4) is 0 Å². The fraction of sp³-hybridized carbons (Fsp3) is 0.115. The number of hydrogen-bond acceptors (Lipinski definition) is 5. The number of hydrogen-bond donors (Lipinski definition) is 1. The number of nitrogens with zero attached hydrogens (tertiary/aromatic N) is 3. The normalized spacial score (nSPS) is 11.5. The van der Waals surface area contributed by atoms with Crippen LogP contribution in [0.5, 0.6) is 5.75 Å². The SMILES string of the molecule is CCn1c(S/C(=C\c2cc(I)c(OCc3ccccc3Cl)c(I)c2)C(=O)O)nnc1-c1ccc(Cl)cc1. The highest BCUT2D eigenvalue weighted by atomic mass is 127. The number of aliphatic carboxylic acids is 1. The van der Waals surface area contributed by atoms with Crippen LogP contribution in [0.25, 0.3) is 17.5 Å². The minimum absolute atomic E-state index is 0.126. The Balaban J connectivity index is 1.59. The standard InChI is InChI=1S/C26H19Cl2I2N3O3S/c1-2-33-24(16-7-9-18(27)10-8-16)31-32-26(33)37-22(25(34)35)13-15-11-20(29)23(21(30)12-15)36-14-17-5-3-4-6-19(17)28/h3-13H,2,14H2,1H3,(H,34,35)/b22-13-. The Kier molecular flexibility index (Phi) is 9.79. The van der Waals surface area contributed by atoms with Gasteiger partial charge in [0.05, 0.1) is 7.14 Å². The van der Waals surface area contributed by atoms with Gasteiger partial charge in [0, 0.05) is 27.7 Å². The van der Waals surface area contributed by atoms with Crippen molar-refractivity contribution in [1.82, 2.24) is 14.8 Å². The molecule has 0 fully saturated rings. The van der Waals surface area contributed by atoms with E-state index in [2.05, 4.69) is 55.4 Å². The molecule has 3 aromatic carbocycles. The maximum atomic E-state index is 12.1. The highest BCUT2D eigenvalue weighted by Crippen LogP contribution is 2.34. The summed E-state index contributed by atoms with van der Waals surface area (Å²) in [6, 6.07) is 18.6. The molecule has 37 heavy (non-hydrogen) atoms. The first-order chi connectivity index (χ1) is 17.8. The number of thioether (sulfide) groups is 1. The van der Waals surface area contributed by atoms with E-state index >= 15 is 0 Å². The third-order valence-corrected chi connectivity index (χ3v) is 8.42. The molecule has 0 atom stereocenters. The van der Waals surface area contributed by atoms with E-state index in [1.807, 2.05) is 60.0 Å². The van der Waals surface area contributed by atoms with Crippen molar-refractivity contribution in [3.05, 3.63) is 93.9 Å². The predicted octanol–water partition coefficient (Wildman–Crippen LogP) is 8.28. The minimum atomic E-state index is -1.05. The van der Waals surface area contributed by atoms with Crippen LogP contribution < -0.4 is 4.74 Å². The summed E-state index contributed by atoms with van der Waals surface area (Å²) in [5.41, 5.74) is 2.48. The van der Waals surface area contributed by atoms with Gasteiger partial charge < -0.3 is 14.4 Å². The lowest BCUT2D eigenvalue weighted by molar-refractivity contribution is -0.131. The van der Waals surface area contributed by atoms with E-state index < -0.39 is 5.97 Å². The van der Waals surface area contributed by atoms with Crippen LogP contribution in [0.2, 0.25) is 10.0 Å². The second-order valence-electron chi connectivity index (χ2n) is 7.67. The van der Waals surface area contributed by atoms with Gasteiger partial charge in [0.15, 0.2) is 11.0 Å². The summed E-state index contributed by atoms with van der Waals surface area (Å²) < 4.78 is 9.65. The lowest BCUT2D eigenvalue weighted by Gasteiger charge is -2.13. The maximum absolute atomic E-state index is 12.1. The monoisotopic (exact) mass is 777 g/mol. The summed E-state index contributed by atoms with van der Waals surface area (Å²) in [7, 11) is 0. The first-order valence-electron chi connectivity index (χ1n) is 10.9. The molecule has 1 aromatic heterocycles. The van der Waals surface area contributed by atoms with Gasteiger partial charge in [0.2, 0.25) is 0 Å². The maximum Gasteiger partial charge on any atom is 0.342 e. The third kappa shape index (κ3) is 6.99. The molecule has 4 aromatic rings. The second kappa shape index (κ2) is 12.8. The number of carboxylic acids is 1. The van der Waals surface area contributed by atoms with Gasteiger partial charge in [-0.25, -0.2) is 4.79 Å². The topological polar surface area (TPSA) is 77.2 Å². The lowest BCUT2D eigenvalue weighted by atomic mass is 10.2. The van der Waals surface area contributed by atoms with Gasteiger partial charge in [-0.15, -0.1) is 10.2 Å². The molecule has 4 rings (SSSR count). The molecule has 1 N–H and O–H groups in total. The van der Waals surface area contributed by atoms with Crippen LogP contribution in [0, 0.1) is 7.14 Å². The molecule has 0 saturated carbocycles. The van der Waals surface area contributed by atoms with E-state index in [1.54, 1.807) is 18.2 Å². The van der Waals surface area contributed by atoms with Crippen molar-refractivity contribution < 1.29 is 14.6 Å². The molecular formula is C26H19Cl2I2N3O3S. The van der Waals surface area contributed by atoms with Crippen LogP contribution in [-0.2, 0) is 17.9 Å². The predicted molar refractivity (Wildman–Crippen MR) is 165 cm³/mol. The number of aromatic nitrogens is 3. The van der Waals surface area contributed by atoms with Gasteiger partial charge in [-0.1, -0.05) is 41.4 Å². The van der Waals surface area contributed by atoms with E-state index in [9.17, 15) is 9.90 Å². The summed E-state index contributed by atoms with van der Waals surface area (Å²) in [6.45, 7) is 2.87. The Morgan fingerprint density at radius 3 is 2.38 bits per heavy atom. The number of rotatable bonds is 9. The summed E-state index contributed by atoms with van der Waals surface area (Å²) in [5, 5.41) is 20.3. The zero-order chi connectivity index (χ0) is 26.5. The van der Waals surface area contributed by atoms with Crippen molar-refractivity contribution in [3.8, 4) is 17.1 Å². The van der Waals surface area contributed by atoms with Gasteiger partial charge in [-0.3, -0.25) is 0 Å². The van der Waals surface area contributed by atoms with Crippen LogP contribution in [0.1, 0.15) is 18.1 Å². The summed E-state index contributed by atoms with van der Waals surface area (Å²) in [5.74, 6) is 0.324. The Hall–Kier alpha value is -1.80. The van der Waals surface area contributed by atoms with Crippen LogP contribution in [0.4, 0.5) is 0 Å². The number of carboxylic acid groups (broad SMARTS) is 1. The average Bonchev–Trinajstić information content (AvgIpc) is 3.27. The molecule has 0 aliphatic carbocycles. The van der Waals surface area contributed by atoms with E-state index in [0.29, 0.717) is 34.2 Å². The van der Waals surface area contributed by atoms with Gasteiger partial charge in [0.25, 0.3) is 0 Å². The van der Waals surface area contributed by atoms with Crippen molar-refractivity contribution >= 4 is 92.2 Å². The van der Waals surface area contributed by atoms with E-state index in [-0.39, 0.29) is 4.91 Å². The largest absolute Gasteiger partial charge is 0.487 e. The number of benzene rings is 3. The molecule has 11 heteroatoms. The van der Waals surface area contributed by atoms with Crippen molar-refractivity contribution in [1.29, 1.82) is 0 Å². The van der Waals surface area contributed by atoms with Crippen LogP contribution >= 0.6 is 80.1 Å². The Bertz CT molecular complexity index is 1450. The summed E-state index contributed by atoms with van der Waals surface area (Å²) in [4.78, 5) is 12.3. The first kappa shape index (κ1) is 28.2. The molecule has 0 spiro atoms. The van der Waals surface area contributed by atoms with Crippen molar-refractivity contribution in [3.63, 3.8) is 0 Å². The number of ether oxygens (including phenoxy) is 1. The van der Waals surface area contributed by atoms with E-state index in [0.717, 1.165) is 41.3 Å². The van der Waals surface area contributed by atoms with Gasteiger partial charge in [-0.2, -0.15) is 0 Å². The zero-order valence-electron chi connectivity index (χ0n) is 19.3. The average molecular weight is 778 g/mol. The zero-order valence-corrected chi connectivity index (χ0v) is 25.9. The molecule has 0 saturated heterocycles. The third-order valence-electron chi connectivity index (χ3n) is 5.20. The van der Waals surface area contributed by atoms with Crippen molar-refractivity contribution in [2.24, 2.45) is 0 Å². The van der Waals surface area contributed by atoms with E-state index in [1.165, 1.54) is 0 Å². The first-order valence-corrected chi connectivity index (χ1v) is 14.7. The summed E-state index contributed by atoms with van der Waals surface area (Å²) in [6.07, 6.45) is 1.63. The Morgan fingerprint density at radius 2 is 1.76 bits per heavy atom. The molecule has 0 aliphatic rings. The van der Waals surface area contributed by atoms with Crippen LogP contribution in [-0.4, -0.2) is 25.8 Å². The van der Waals surface area contributed by atoms with Crippen LogP contribution in [0.15, 0.2) is 70.7 Å². The van der Waals surface area contributed by atoms with Gasteiger partial charge >= 0.3 is 5.97 Å². The van der Waals surface area contributed by atoms with Crippen molar-refractivity contribution in [2.45, 2.75) is 25.2 Å². The highest BCUT2D eigenvalue weighted by Gasteiger charge is 2.19. The Labute approximate surface area is 255 Å². The fourth-order valence-corrected chi connectivity index (χ4v) is 6.74. The Morgan fingerprint density at radius 1 is 1.08 bits per heavy atom. The molecular weight excluding hydrogens is 759 g/mol.